The van der Waals surface area contributed by atoms with Crippen molar-refractivity contribution < 1.29 is 14.6 Å². The summed E-state index contributed by atoms with van der Waals surface area (Å²) < 4.78 is 14.7. The van der Waals surface area contributed by atoms with E-state index in [1.807, 2.05) is 18.3 Å². The van der Waals surface area contributed by atoms with Gasteiger partial charge in [0.1, 0.15) is 11.5 Å². The summed E-state index contributed by atoms with van der Waals surface area (Å²) in [6.07, 6.45) is 4.12. The Kier molecular flexibility index (Phi) is 5.43. The third-order valence-corrected chi connectivity index (χ3v) is 5.20. The Morgan fingerprint density at radius 3 is 2.71 bits per heavy atom. The smallest absolute Gasteiger partial charge is 0.123 e. The van der Waals surface area contributed by atoms with Crippen LogP contribution in [-0.2, 0) is 13.1 Å². The maximum Gasteiger partial charge on any atom is 0.123 e. The van der Waals surface area contributed by atoms with Crippen molar-refractivity contribution in [2.75, 3.05) is 0 Å². The normalized spacial score (nSPS) is 24.5. The molecule has 2 aromatic heterocycles. The second kappa shape index (κ2) is 8.14. The molecule has 1 aromatic carbocycles. The van der Waals surface area contributed by atoms with E-state index < -0.39 is 12.2 Å². The third kappa shape index (κ3) is 4.09. The zero-order chi connectivity index (χ0) is 19.5. The van der Waals surface area contributed by atoms with Gasteiger partial charge in [-0.25, -0.2) is 4.39 Å². The average Bonchev–Trinajstić information content (AvgIpc) is 3.29. The number of nitrogens with one attached hydrogen (secondary N) is 1. The van der Waals surface area contributed by atoms with Gasteiger partial charge in [-0.1, -0.05) is 17.3 Å². The molecule has 4 unspecified atom stereocenters. The second-order valence-electron chi connectivity index (χ2n) is 7.16. The zero-order valence-corrected chi connectivity index (χ0v) is 15.2. The Bertz CT molecular complexity index is 902. The van der Waals surface area contributed by atoms with Crippen LogP contribution in [0, 0.1) is 11.7 Å². The number of rotatable bonds is 6. The molecule has 28 heavy (non-hydrogen) atoms. The summed E-state index contributed by atoms with van der Waals surface area (Å²) in [5.41, 5.74) is 2.51. The quantitative estimate of drug-likeness (QED) is 0.595. The minimum absolute atomic E-state index is 0.149. The van der Waals surface area contributed by atoms with Gasteiger partial charge in [0.05, 0.1) is 18.4 Å². The third-order valence-electron chi connectivity index (χ3n) is 5.20. The van der Waals surface area contributed by atoms with Gasteiger partial charge in [-0.15, -0.1) is 5.10 Å². The van der Waals surface area contributed by atoms with Crippen LogP contribution in [0.15, 0.2) is 55.0 Å². The van der Waals surface area contributed by atoms with Crippen LogP contribution >= 0.6 is 0 Å². The van der Waals surface area contributed by atoms with Crippen molar-refractivity contribution in [3.8, 4) is 11.3 Å². The van der Waals surface area contributed by atoms with Gasteiger partial charge in [0.15, 0.2) is 0 Å². The predicted octanol–water partition coefficient (Wildman–Crippen LogP) is 1.38. The van der Waals surface area contributed by atoms with Crippen LogP contribution in [0.5, 0.6) is 0 Å². The largest absolute Gasteiger partial charge is 0.390 e. The maximum absolute atomic E-state index is 13.0. The van der Waals surface area contributed by atoms with Gasteiger partial charge >= 0.3 is 0 Å². The predicted molar refractivity (Wildman–Crippen MR) is 100 cm³/mol. The molecule has 1 fully saturated rings. The van der Waals surface area contributed by atoms with E-state index in [1.165, 1.54) is 12.1 Å². The van der Waals surface area contributed by atoms with E-state index in [0.717, 1.165) is 11.1 Å². The number of pyridine rings is 1. The van der Waals surface area contributed by atoms with Crippen molar-refractivity contribution in [1.29, 1.82) is 0 Å². The lowest BCUT2D eigenvalue weighted by atomic mass is 10.1. The van der Waals surface area contributed by atoms with Crippen LogP contribution in [0.3, 0.4) is 0 Å². The molecule has 0 bridgehead atoms. The first-order chi connectivity index (χ1) is 13.6. The van der Waals surface area contributed by atoms with E-state index in [2.05, 4.69) is 20.6 Å². The minimum atomic E-state index is -0.869. The molecule has 0 saturated heterocycles. The first-order valence-electron chi connectivity index (χ1n) is 9.24. The Labute approximate surface area is 161 Å². The number of aromatic nitrogens is 4. The first kappa shape index (κ1) is 18.7. The summed E-state index contributed by atoms with van der Waals surface area (Å²) >= 11 is 0. The highest BCUT2D eigenvalue weighted by Gasteiger charge is 2.41. The van der Waals surface area contributed by atoms with Gasteiger partial charge < -0.3 is 15.5 Å². The highest BCUT2D eigenvalue weighted by atomic mass is 19.1. The van der Waals surface area contributed by atoms with E-state index in [-0.39, 0.29) is 17.8 Å². The summed E-state index contributed by atoms with van der Waals surface area (Å²) in [6.45, 7) is 0.955. The molecule has 1 aliphatic rings. The van der Waals surface area contributed by atoms with Gasteiger partial charge in [-0.2, -0.15) is 0 Å². The van der Waals surface area contributed by atoms with Crippen LogP contribution in [-0.4, -0.2) is 48.4 Å². The molecule has 3 aromatic rings. The summed E-state index contributed by atoms with van der Waals surface area (Å²) in [5.74, 6) is -0.428. The minimum Gasteiger partial charge on any atom is -0.390 e. The van der Waals surface area contributed by atoms with Crippen molar-refractivity contribution in [3.63, 3.8) is 0 Å². The van der Waals surface area contributed by atoms with Crippen molar-refractivity contribution in [1.82, 2.24) is 25.3 Å². The standard InChI is InChI=1S/C20H22FN5O2/c21-16-5-3-13(4-6-16)9-23-17-8-15(19(27)20(17)28)11-26-12-18(24-25-26)14-2-1-7-22-10-14/h1-7,10,12,15,17,19-20,23,27-28H,8-9,11H2. The van der Waals surface area contributed by atoms with E-state index in [0.29, 0.717) is 25.2 Å². The highest BCUT2D eigenvalue weighted by Crippen LogP contribution is 2.29. The summed E-state index contributed by atoms with van der Waals surface area (Å²) in [7, 11) is 0. The SMILES string of the molecule is OC1C(Cn2cc(-c3cccnc3)nn2)CC(NCc2ccc(F)cc2)C1O. The number of halogens is 1. The van der Waals surface area contributed by atoms with Crippen LogP contribution in [0.2, 0.25) is 0 Å². The molecule has 0 amide bonds. The van der Waals surface area contributed by atoms with Crippen LogP contribution in [0.4, 0.5) is 4.39 Å². The maximum atomic E-state index is 13.0. The molecule has 146 valence electrons. The summed E-state index contributed by atoms with van der Waals surface area (Å²) in [4.78, 5) is 4.08. The number of benzene rings is 1. The fourth-order valence-corrected chi connectivity index (χ4v) is 3.63. The molecule has 1 aliphatic carbocycles. The van der Waals surface area contributed by atoms with Gasteiger partial charge in [0.25, 0.3) is 0 Å². The molecule has 4 atom stereocenters. The van der Waals surface area contributed by atoms with E-state index in [1.54, 1.807) is 29.2 Å². The monoisotopic (exact) mass is 383 g/mol. The van der Waals surface area contributed by atoms with Crippen molar-refractivity contribution in [2.45, 2.75) is 37.8 Å². The van der Waals surface area contributed by atoms with E-state index >= 15 is 0 Å². The van der Waals surface area contributed by atoms with Crippen LogP contribution in [0.25, 0.3) is 11.3 Å². The van der Waals surface area contributed by atoms with Gasteiger partial charge in [0, 0.05) is 43.0 Å². The fraction of sp³-hybridized carbons (Fsp3) is 0.350. The molecular formula is C20H22FN5O2. The molecule has 7 nitrogen and oxygen atoms in total. The van der Waals surface area contributed by atoms with Crippen LogP contribution < -0.4 is 5.32 Å². The fourth-order valence-electron chi connectivity index (χ4n) is 3.63. The van der Waals surface area contributed by atoms with Gasteiger partial charge in [-0.3, -0.25) is 9.67 Å². The lowest BCUT2D eigenvalue weighted by Gasteiger charge is -2.18. The Morgan fingerprint density at radius 1 is 1.14 bits per heavy atom. The Balaban J connectivity index is 1.36. The lowest BCUT2D eigenvalue weighted by Crippen LogP contribution is -2.39. The number of aliphatic hydroxyl groups excluding tert-OH is 2. The number of aliphatic hydroxyl groups is 2. The average molecular weight is 383 g/mol. The molecule has 0 spiro atoms. The zero-order valence-electron chi connectivity index (χ0n) is 15.2. The number of hydrogen-bond acceptors (Lipinski definition) is 6. The van der Waals surface area contributed by atoms with E-state index in [9.17, 15) is 14.6 Å². The summed E-state index contributed by atoms with van der Waals surface area (Å²) in [6, 6.07) is 9.72. The molecule has 2 heterocycles. The molecule has 0 aliphatic heterocycles. The summed E-state index contributed by atoms with van der Waals surface area (Å²) in [5, 5.41) is 32.4. The molecule has 8 heteroatoms. The topological polar surface area (TPSA) is 96.1 Å². The van der Waals surface area contributed by atoms with Gasteiger partial charge in [0.2, 0.25) is 0 Å². The number of nitrogens with zero attached hydrogens (tertiary/aromatic N) is 4. The number of hydrogen-bond donors (Lipinski definition) is 3. The molecular weight excluding hydrogens is 361 g/mol. The molecule has 4 rings (SSSR count). The Hall–Kier alpha value is -2.68. The first-order valence-corrected chi connectivity index (χ1v) is 9.24. The van der Waals surface area contributed by atoms with Crippen molar-refractivity contribution in [3.05, 3.63) is 66.4 Å². The van der Waals surface area contributed by atoms with E-state index in [4.69, 9.17) is 0 Å². The lowest BCUT2D eigenvalue weighted by molar-refractivity contribution is 0.00722. The molecule has 3 N–H and O–H groups in total. The van der Waals surface area contributed by atoms with Crippen molar-refractivity contribution in [2.24, 2.45) is 5.92 Å². The highest BCUT2D eigenvalue weighted by molar-refractivity contribution is 5.55. The molecule has 1 saturated carbocycles. The Morgan fingerprint density at radius 2 is 1.96 bits per heavy atom. The second-order valence-corrected chi connectivity index (χ2v) is 7.16. The molecule has 0 radical (unpaired) electrons. The van der Waals surface area contributed by atoms with Gasteiger partial charge in [-0.05, 0) is 36.2 Å². The van der Waals surface area contributed by atoms with Crippen molar-refractivity contribution >= 4 is 0 Å². The van der Waals surface area contributed by atoms with Crippen LogP contribution in [0.1, 0.15) is 12.0 Å².